The molecular formula is C14H21NO2. The summed E-state index contributed by atoms with van der Waals surface area (Å²) in [7, 11) is 3.37. The Morgan fingerprint density at radius 1 is 1.18 bits per heavy atom. The molecule has 2 unspecified atom stereocenters. The van der Waals surface area contributed by atoms with Crippen LogP contribution in [0.1, 0.15) is 43.4 Å². The summed E-state index contributed by atoms with van der Waals surface area (Å²) in [5.74, 6) is 2.17. The molecule has 0 amide bonds. The molecule has 0 spiro atoms. The van der Waals surface area contributed by atoms with Crippen molar-refractivity contribution < 1.29 is 9.47 Å². The summed E-state index contributed by atoms with van der Waals surface area (Å²) in [5, 5.41) is 3.57. The van der Waals surface area contributed by atoms with Gasteiger partial charge in [0.05, 0.1) is 14.2 Å². The highest BCUT2D eigenvalue weighted by Crippen LogP contribution is 2.39. The lowest BCUT2D eigenvalue weighted by molar-refractivity contribution is 0.350. The van der Waals surface area contributed by atoms with Gasteiger partial charge in [-0.3, -0.25) is 0 Å². The second-order valence-corrected chi connectivity index (χ2v) is 4.61. The van der Waals surface area contributed by atoms with Gasteiger partial charge in [0, 0.05) is 12.6 Å². The maximum atomic E-state index is 5.38. The van der Waals surface area contributed by atoms with Gasteiger partial charge in [0.25, 0.3) is 0 Å². The number of hydrogen-bond acceptors (Lipinski definition) is 3. The van der Waals surface area contributed by atoms with Gasteiger partial charge in [-0.05, 0) is 35.6 Å². The molecule has 1 aliphatic heterocycles. The zero-order chi connectivity index (χ0) is 12.4. The Balaban J connectivity index is 2.52. The van der Waals surface area contributed by atoms with Gasteiger partial charge in [0.2, 0.25) is 0 Å². The summed E-state index contributed by atoms with van der Waals surface area (Å²) < 4.78 is 10.8. The van der Waals surface area contributed by atoms with Gasteiger partial charge < -0.3 is 14.8 Å². The van der Waals surface area contributed by atoms with Crippen molar-refractivity contribution in [2.75, 3.05) is 20.8 Å². The Bertz CT molecular complexity index is 403. The van der Waals surface area contributed by atoms with Gasteiger partial charge in [-0.15, -0.1) is 0 Å². The van der Waals surface area contributed by atoms with Gasteiger partial charge in [0.15, 0.2) is 11.5 Å². The molecule has 0 fully saturated rings. The van der Waals surface area contributed by atoms with E-state index in [2.05, 4.69) is 31.3 Å². The van der Waals surface area contributed by atoms with E-state index in [4.69, 9.17) is 9.47 Å². The molecule has 1 heterocycles. The minimum atomic E-state index is 0.431. The van der Waals surface area contributed by atoms with Crippen molar-refractivity contribution in [3.05, 3.63) is 23.3 Å². The Morgan fingerprint density at radius 2 is 1.76 bits per heavy atom. The van der Waals surface area contributed by atoms with Crippen LogP contribution in [0, 0.1) is 0 Å². The van der Waals surface area contributed by atoms with Gasteiger partial charge in [-0.1, -0.05) is 13.8 Å². The van der Waals surface area contributed by atoms with Crippen LogP contribution >= 0.6 is 0 Å². The second-order valence-electron chi connectivity index (χ2n) is 4.61. The van der Waals surface area contributed by atoms with Gasteiger partial charge >= 0.3 is 0 Å². The molecule has 1 aliphatic rings. The third-order valence-corrected chi connectivity index (χ3v) is 3.57. The van der Waals surface area contributed by atoms with Gasteiger partial charge in [-0.2, -0.15) is 0 Å². The summed E-state index contributed by atoms with van der Waals surface area (Å²) in [5.41, 5.74) is 2.73. The zero-order valence-electron chi connectivity index (χ0n) is 11.0. The van der Waals surface area contributed by atoms with Crippen LogP contribution in [0.2, 0.25) is 0 Å². The minimum absolute atomic E-state index is 0.431. The summed E-state index contributed by atoms with van der Waals surface area (Å²) in [6.45, 7) is 5.47. The summed E-state index contributed by atoms with van der Waals surface area (Å²) in [6, 6.07) is 4.67. The highest BCUT2D eigenvalue weighted by molar-refractivity contribution is 5.50. The van der Waals surface area contributed by atoms with E-state index in [9.17, 15) is 0 Å². The van der Waals surface area contributed by atoms with Gasteiger partial charge in [-0.25, -0.2) is 0 Å². The average molecular weight is 235 g/mol. The van der Waals surface area contributed by atoms with E-state index < -0.39 is 0 Å². The third-order valence-electron chi connectivity index (χ3n) is 3.57. The molecule has 94 valence electrons. The normalized spacial score (nSPS) is 23.1. The number of methoxy groups -OCH3 is 2. The average Bonchev–Trinajstić information content (AvgIpc) is 2.38. The molecule has 0 radical (unpaired) electrons. The highest BCUT2D eigenvalue weighted by atomic mass is 16.5. The lowest BCUT2D eigenvalue weighted by atomic mass is 9.86. The van der Waals surface area contributed by atoms with Crippen molar-refractivity contribution >= 4 is 0 Å². The molecule has 17 heavy (non-hydrogen) atoms. The van der Waals surface area contributed by atoms with Crippen molar-refractivity contribution in [1.82, 2.24) is 5.32 Å². The third kappa shape index (κ3) is 2.12. The van der Waals surface area contributed by atoms with E-state index in [1.165, 1.54) is 11.1 Å². The number of nitrogens with one attached hydrogen (secondary N) is 1. The molecule has 0 saturated heterocycles. The van der Waals surface area contributed by atoms with E-state index in [-0.39, 0.29) is 0 Å². The van der Waals surface area contributed by atoms with Crippen LogP contribution in [-0.2, 0) is 0 Å². The monoisotopic (exact) mass is 235 g/mol. The minimum Gasteiger partial charge on any atom is -0.493 e. The fourth-order valence-corrected chi connectivity index (χ4v) is 2.54. The number of rotatable bonds is 3. The molecule has 2 rings (SSSR count). The molecule has 0 aliphatic carbocycles. The SMILES string of the molecule is CCC1NCC(C)c2cc(OC)c(OC)cc21. The summed E-state index contributed by atoms with van der Waals surface area (Å²) >= 11 is 0. The van der Waals surface area contributed by atoms with Gasteiger partial charge in [0.1, 0.15) is 0 Å². The maximum absolute atomic E-state index is 5.38. The molecule has 3 heteroatoms. The summed E-state index contributed by atoms with van der Waals surface area (Å²) in [4.78, 5) is 0. The first-order valence-electron chi connectivity index (χ1n) is 6.20. The fraction of sp³-hybridized carbons (Fsp3) is 0.571. The Kier molecular flexibility index (Phi) is 3.57. The predicted molar refractivity (Wildman–Crippen MR) is 69.0 cm³/mol. The number of benzene rings is 1. The lowest BCUT2D eigenvalue weighted by Gasteiger charge is -2.31. The highest BCUT2D eigenvalue weighted by Gasteiger charge is 2.25. The first-order valence-corrected chi connectivity index (χ1v) is 6.20. The van der Waals surface area contributed by atoms with Crippen LogP contribution in [0.3, 0.4) is 0 Å². The first-order chi connectivity index (χ1) is 8.21. The second kappa shape index (κ2) is 4.96. The molecule has 2 atom stereocenters. The van der Waals surface area contributed by atoms with Crippen LogP contribution in [0.25, 0.3) is 0 Å². The smallest absolute Gasteiger partial charge is 0.161 e. The molecule has 1 N–H and O–H groups in total. The lowest BCUT2D eigenvalue weighted by Crippen LogP contribution is -2.31. The summed E-state index contributed by atoms with van der Waals surface area (Å²) in [6.07, 6.45) is 1.09. The largest absolute Gasteiger partial charge is 0.493 e. The molecular weight excluding hydrogens is 214 g/mol. The van der Waals surface area contributed by atoms with Crippen molar-refractivity contribution in [2.45, 2.75) is 32.2 Å². The first kappa shape index (κ1) is 12.2. The number of hydrogen-bond donors (Lipinski definition) is 1. The molecule has 1 aromatic rings. The van der Waals surface area contributed by atoms with Crippen LogP contribution in [-0.4, -0.2) is 20.8 Å². The van der Waals surface area contributed by atoms with Crippen LogP contribution in [0.15, 0.2) is 12.1 Å². The molecule has 0 aromatic heterocycles. The van der Waals surface area contributed by atoms with Crippen LogP contribution < -0.4 is 14.8 Å². The van der Waals surface area contributed by atoms with E-state index in [1.807, 2.05) is 0 Å². The van der Waals surface area contributed by atoms with Crippen LogP contribution in [0.5, 0.6) is 11.5 Å². The number of fused-ring (bicyclic) bond motifs is 1. The standard InChI is InChI=1S/C14H21NO2/c1-5-12-11-7-14(17-4)13(16-3)6-10(11)9(2)8-15-12/h6-7,9,12,15H,5,8H2,1-4H3. The van der Waals surface area contributed by atoms with Crippen molar-refractivity contribution in [2.24, 2.45) is 0 Å². The quantitative estimate of drug-likeness (QED) is 0.874. The topological polar surface area (TPSA) is 30.5 Å². The Morgan fingerprint density at radius 3 is 2.29 bits per heavy atom. The van der Waals surface area contributed by atoms with E-state index in [0.29, 0.717) is 12.0 Å². The zero-order valence-corrected chi connectivity index (χ0v) is 11.0. The molecule has 0 saturated carbocycles. The molecule has 3 nitrogen and oxygen atoms in total. The van der Waals surface area contributed by atoms with Crippen molar-refractivity contribution in [1.29, 1.82) is 0 Å². The van der Waals surface area contributed by atoms with Crippen molar-refractivity contribution in [3.8, 4) is 11.5 Å². The Labute approximate surface area is 103 Å². The molecule has 0 bridgehead atoms. The Hall–Kier alpha value is -1.22. The molecule has 1 aromatic carbocycles. The number of ether oxygens (including phenoxy) is 2. The fourth-order valence-electron chi connectivity index (χ4n) is 2.54. The van der Waals surface area contributed by atoms with Crippen molar-refractivity contribution in [3.63, 3.8) is 0 Å². The van der Waals surface area contributed by atoms with Crippen LogP contribution in [0.4, 0.5) is 0 Å². The van der Waals surface area contributed by atoms with E-state index in [1.54, 1.807) is 14.2 Å². The van der Waals surface area contributed by atoms with E-state index >= 15 is 0 Å². The maximum Gasteiger partial charge on any atom is 0.161 e. The van der Waals surface area contributed by atoms with E-state index in [0.717, 1.165) is 24.5 Å². The predicted octanol–water partition coefficient (Wildman–Crippen LogP) is 2.86.